The summed E-state index contributed by atoms with van der Waals surface area (Å²) in [5, 5.41) is 2.45. The van der Waals surface area contributed by atoms with Crippen LogP contribution in [-0.4, -0.2) is 37.8 Å². The topological polar surface area (TPSA) is 73.9 Å². The summed E-state index contributed by atoms with van der Waals surface area (Å²) in [6.07, 6.45) is 2.15. The number of hydrogen-bond donors (Lipinski definition) is 1. The number of amides is 1. The van der Waals surface area contributed by atoms with Crippen molar-refractivity contribution >= 4 is 17.6 Å². The Kier molecular flexibility index (Phi) is 6.38. The molecule has 0 aliphatic carbocycles. The first-order valence-corrected chi connectivity index (χ1v) is 8.67. The Balaban J connectivity index is 1.43. The van der Waals surface area contributed by atoms with Gasteiger partial charge in [-0.3, -0.25) is 4.79 Å². The van der Waals surface area contributed by atoms with E-state index in [4.69, 9.17) is 14.2 Å². The number of hydrogen-bond acceptors (Lipinski definition) is 5. The molecule has 1 aliphatic heterocycles. The molecule has 1 amide bonds. The van der Waals surface area contributed by atoms with Crippen LogP contribution in [0.15, 0.2) is 48.5 Å². The van der Waals surface area contributed by atoms with Crippen LogP contribution in [0.2, 0.25) is 0 Å². The van der Waals surface area contributed by atoms with Crippen molar-refractivity contribution in [2.45, 2.75) is 18.9 Å². The average Bonchev–Trinajstić information content (AvgIpc) is 3.18. The van der Waals surface area contributed by atoms with E-state index in [2.05, 4.69) is 5.32 Å². The molecule has 142 valence electrons. The highest BCUT2D eigenvalue weighted by atomic mass is 19.1. The normalized spacial score (nSPS) is 16.0. The molecule has 1 saturated heterocycles. The lowest BCUT2D eigenvalue weighted by Gasteiger charge is -2.11. The summed E-state index contributed by atoms with van der Waals surface area (Å²) in [6.45, 7) is 0.780. The fraction of sp³-hybridized carbons (Fsp3) is 0.300. The molecule has 1 N–H and O–H groups in total. The van der Waals surface area contributed by atoms with Gasteiger partial charge in [0, 0.05) is 12.3 Å². The van der Waals surface area contributed by atoms with Crippen LogP contribution in [0.1, 0.15) is 23.2 Å². The molecular formula is C20H20FNO5. The zero-order valence-corrected chi connectivity index (χ0v) is 14.7. The second-order valence-electron chi connectivity index (χ2n) is 6.11. The molecule has 0 unspecified atom stereocenters. The van der Waals surface area contributed by atoms with Crippen LogP contribution in [0.4, 0.5) is 10.1 Å². The number of nitrogens with one attached hydrogen (secondary N) is 1. The summed E-state index contributed by atoms with van der Waals surface area (Å²) >= 11 is 0. The molecule has 1 aliphatic rings. The number of anilines is 1. The summed E-state index contributed by atoms with van der Waals surface area (Å²) in [4.78, 5) is 23.8. The number of carbonyl (C=O) groups is 2. The van der Waals surface area contributed by atoms with Crippen molar-refractivity contribution in [1.29, 1.82) is 0 Å². The van der Waals surface area contributed by atoms with E-state index < -0.39 is 24.3 Å². The van der Waals surface area contributed by atoms with Gasteiger partial charge in [0.25, 0.3) is 5.91 Å². The Hall–Kier alpha value is -2.93. The summed E-state index contributed by atoms with van der Waals surface area (Å²) in [6, 6.07) is 11.9. The third kappa shape index (κ3) is 5.79. The van der Waals surface area contributed by atoms with Gasteiger partial charge in [0.1, 0.15) is 18.2 Å². The van der Waals surface area contributed by atoms with Crippen molar-refractivity contribution in [1.82, 2.24) is 0 Å². The summed E-state index contributed by atoms with van der Waals surface area (Å²) in [5.74, 6) is -1.02. The summed E-state index contributed by atoms with van der Waals surface area (Å²) in [5.41, 5.74) is 0.599. The van der Waals surface area contributed by atoms with Gasteiger partial charge in [-0.1, -0.05) is 6.07 Å². The van der Waals surface area contributed by atoms with Crippen LogP contribution in [-0.2, 0) is 14.3 Å². The van der Waals surface area contributed by atoms with Crippen molar-refractivity contribution < 1.29 is 28.2 Å². The molecule has 3 rings (SSSR count). The smallest absolute Gasteiger partial charge is 0.338 e. The first-order valence-electron chi connectivity index (χ1n) is 8.67. The molecule has 1 fully saturated rings. The molecule has 6 nitrogen and oxygen atoms in total. The van der Waals surface area contributed by atoms with Crippen LogP contribution < -0.4 is 10.1 Å². The number of benzene rings is 2. The van der Waals surface area contributed by atoms with E-state index in [0.29, 0.717) is 23.6 Å². The third-order valence-corrected chi connectivity index (χ3v) is 3.99. The predicted molar refractivity (Wildman–Crippen MR) is 96.2 cm³/mol. The Morgan fingerprint density at radius 3 is 2.70 bits per heavy atom. The average molecular weight is 373 g/mol. The lowest BCUT2D eigenvalue weighted by atomic mass is 10.2. The molecule has 0 bridgehead atoms. The maximum atomic E-state index is 13.1. The van der Waals surface area contributed by atoms with Gasteiger partial charge in [0.05, 0.1) is 11.7 Å². The minimum Gasteiger partial charge on any atom is -0.491 e. The van der Waals surface area contributed by atoms with Crippen LogP contribution >= 0.6 is 0 Å². The van der Waals surface area contributed by atoms with Gasteiger partial charge in [-0.05, 0) is 55.3 Å². The quantitative estimate of drug-likeness (QED) is 0.755. The van der Waals surface area contributed by atoms with E-state index in [1.54, 1.807) is 24.3 Å². The Morgan fingerprint density at radius 2 is 2.00 bits per heavy atom. The molecule has 0 radical (unpaired) electrons. The van der Waals surface area contributed by atoms with Gasteiger partial charge in [-0.15, -0.1) is 0 Å². The van der Waals surface area contributed by atoms with Crippen molar-refractivity contribution in [2.75, 3.05) is 25.1 Å². The van der Waals surface area contributed by atoms with Gasteiger partial charge in [-0.2, -0.15) is 0 Å². The van der Waals surface area contributed by atoms with Gasteiger partial charge >= 0.3 is 5.97 Å². The standard InChI is InChI=1S/C20H20FNO5/c21-15-3-1-4-16(11-15)22-19(23)13-27-20(24)14-6-8-17(9-7-14)26-12-18-5-2-10-25-18/h1,3-4,6-9,11,18H,2,5,10,12-13H2,(H,22,23)/t18-/m0/s1. The zero-order valence-electron chi connectivity index (χ0n) is 14.7. The number of rotatable bonds is 7. The number of esters is 1. The monoisotopic (exact) mass is 373 g/mol. The number of halogens is 1. The molecule has 0 aromatic heterocycles. The Labute approximate surface area is 156 Å². The summed E-state index contributed by atoms with van der Waals surface area (Å²) < 4.78 is 29.2. The van der Waals surface area contributed by atoms with E-state index in [1.165, 1.54) is 24.3 Å². The highest BCUT2D eigenvalue weighted by molar-refractivity contribution is 5.95. The second kappa shape index (κ2) is 9.14. The fourth-order valence-corrected chi connectivity index (χ4v) is 2.63. The first-order chi connectivity index (χ1) is 13.1. The lowest BCUT2D eigenvalue weighted by Crippen LogP contribution is -2.21. The van der Waals surface area contributed by atoms with E-state index in [0.717, 1.165) is 19.4 Å². The van der Waals surface area contributed by atoms with E-state index >= 15 is 0 Å². The van der Waals surface area contributed by atoms with E-state index in [9.17, 15) is 14.0 Å². The predicted octanol–water partition coefficient (Wildman–Crippen LogP) is 3.18. The second-order valence-corrected chi connectivity index (χ2v) is 6.11. The molecular weight excluding hydrogens is 353 g/mol. The highest BCUT2D eigenvalue weighted by Crippen LogP contribution is 2.17. The number of ether oxygens (including phenoxy) is 3. The van der Waals surface area contributed by atoms with Crippen molar-refractivity contribution in [3.8, 4) is 5.75 Å². The molecule has 1 atom stereocenters. The minimum atomic E-state index is -0.630. The SMILES string of the molecule is O=C(COC(=O)c1ccc(OC[C@@H]2CCCO2)cc1)Nc1cccc(F)c1. The molecule has 7 heteroatoms. The van der Waals surface area contributed by atoms with Crippen LogP contribution in [0, 0.1) is 5.82 Å². The molecule has 0 saturated carbocycles. The van der Waals surface area contributed by atoms with E-state index in [-0.39, 0.29) is 6.10 Å². The maximum Gasteiger partial charge on any atom is 0.338 e. The van der Waals surface area contributed by atoms with Crippen molar-refractivity contribution in [3.63, 3.8) is 0 Å². The Morgan fingerprint density at radius 1 is 1.19 bits per heavy atom. The molecule has 2 aromatic rings. The van der Waals surface area contributed by atoms with E-state index in [1.807, 2.05) is 0 Å². The minimum absolute atomic E-state index is 0.117. The third-order valence-electron chi connectivity index (χ3n) is 3.99. The van der Waals surface area contributed by atoms with Crippen molar-refractivity contribution in [2.24, 2.45) is 0 Å². The molecule has 2 aromatic carbocycles. The maximum absolute atomic E-state index is 13.1. The van der Waals surface area contributed by atoms with Crippen LogP contribution in [0.5, 0.6) is 5.75 Å². The van der Waals surface area contributed by atoms with Crippen LogP contribution in [0.3, 0.4) is 0 Å². The van der Waals surface area contributed by atoms with Gasteiger partial charge in [-0.25, -0.2) is 9.18 Å². The van der Waals surface area contributed by atoms with Gasteiger partial charge < -0.3 is 19.5 Å². The van der Waals surface area contributed by atoms with Crippen LogP contribution in [0.25, 0.3) is 0 Å². The van der Waals surface area contributed by atoms with Crippen molar-refractivity contribution in [3.05, 3.63) is 59.9 Å². The zero-order chi connectivity index (χ0) is 19.1. The largest absolute Gasteiger partial charge is 0.491 e. The molecule has 1 heterocycles. The highest BCUT2D eigenvalue weighted by Gasteiger charge is 2.16. The number of carbonyl (C=O) groups excluding carboxylic acids is 2. The lowest BCUT2D eigenvalue weighted by molar-refractivity contribution is -0.119. The van der Waals surface area contributed by atoms with Gasteiger partial charge in [0.15, 0.2) is 6.61 Å². The molecule has 27 heavy (non-hydrogen) atoms. The Bertz CT molecular complexity index is 787. The molecule has 0 spiro atoms. The van der Waals surface area contributed by atoms with Gasteiger partial charge in [0.2, 0.25) is 0 Å². The first kappa shape index (κ1) is 18.8. The fourth-order valence-electron chi connectivity index (χ4n) is 2.63. The summed E-state index contributed by atoms with van der Waals surface area (Å²) in [7, 11) is 0.